The highest BCUT2D eigenvalue weighted by Crippen LogP contribution is 2.68. The van der Waals surface area contributed by atoms with E-state index in [0.29, 0.717) is 65.1 Å². The molecule has 0 spiro atoms. The zero-order valence-electron chi connectivity index (χ0n) is 25.3. The number of fused-ring (bicyclic) bond motifs is 5. The lowest BCUT2D eigenvalue weighted by Gasteiger charge is -2.62. The number of ether oxygens (including phenoxy) is 1. The minimum absolute atomic E-state index is 0.0914. The van der Waals surface area contributed by atoms with Gasteiger partial charge in [-0.1, -0.05) is 71.9 Å². The van der Waals surface area contributed by atoms with Crippen molar-refractivity contribution in [1.29, 1.82) is 0 Å². The second-order valence-electron chi connectivity index (χ2n) is 14.6. The highest BCUT2D eigenvalue weighted by atomic mass is 16.5. The maximum atomic E-state index is 13.4. The predicted molar refractivity (Wildman–Crippen MR) is 158 cm³/mol. The largest absolute Gasteiger partial charge is 0.458 e. The highest BCUT2D eigenvalue weighted by molar-refractivity contribution is 5.89. The van der Waals surface area contributed by atoms with Gasteiger partial charge in [-0.05, 0) is 109 Å². The number of hydrogen-bond donors (Lipinski definition) is 0. The van der Waals surface area contributed by atoms with Crippen molar-refractivity contribution < 1.29 is 14.3 Å². The van der Waals surface area contributed by atoms with E-state index in [0.717, 1.165) is 19.3 Å². The Morgan fingerprint density at radius 3 is 2.41 bits per heavy atom. The summed E-state index contributed by atoms with van der Waals surface area (Å²) in [5, 5.41) is 0. The van der Waals surface area contributed by atoms with Crippen LogP contribution in [-0.4, -0.2) is 17.9 Å². The van der Waals surface area contributed by atoms with Crippen LogP contribution in [0.25, 0.3) is 0 Å². The number of Topliss-reactive ketones (excluding diaryl/α,β-unsaturated/α-hetero) is 1. The molecule has 1 aromatic rings. The topological polar surface area (TPSA) is 43.4 Å². The first-order valence-corrected chi connectivity index (χ1v) is 16.0. The van der Waals surface area contributed by atoms with Gasteiger partial charge in [-0.15, -0.1) is 0 Å². The van der Waals surface area contributed by atoms with Gasteiger partial charge in [-0.25, -0.2) is 4.79 Å². The summed E-state index contributed by atoms with van der Waals surface area (Å²) in [6.45, 7) is 14.5. The fourth-order valence-electron chi connectivity index (χ4n) is 10.1. The van der Waals surface area contributed by atoms with E-state index in [1.807, 2.05) is 30.3 Å². The van der Waals surface area contributed by atoms with Crippen LogP contribution in [0.2, 0.25) is 0 Å². The third-order valence-corrected chi connectivity index (χ3v) is 12.4. The fourth-order valence-corrected chi connectivity index (χ4v) is 10.1. The van der Waals surface area contributed by atoms with E-state index in [1.54, 1.807) is 0 Å². The Hall–Kier alpha value is -1.90. The number of carbonyl (C=O) groups excluding carboxylic acids is 2. The Morgan fingerprint density at radius 1 is 1.00 bits per heavy atom. The van der Waals surface area contributed by atoms with Crippen LogP contribution in [0.15, 0.2) is 42.5 Å². The molecule has 3 nitrogen and oxygen atoms in total. The normalized spacial score (nSPS) is 39.6. The number of benzene rings is 1. The van der Waals surface area contributed by atoms with Crippen molar-refractivity contribution in [3.05, 3.63) is 48.0 Å². The molecule has 4 aliphatic rings. The lowest BCUT2D eigenvalue weighted by atomic mass is 9.43. The summed E-state index contributed by atoms with van der Waals surface area (Å²) in [7, 11) is 0. The number of rotatable bonds is 7. The number of esters is 1. The average Bonchev–Trinajstić information content (AvgIpc) is 3.27. The molecule has 0 saturated heterocycles. The minimum Gasteiger partial charge on any atom is -0.458 e. The lowest BCUT2D eigenvalue weighted by molar-refractivity contribution is -0.169. The third-order valence-electron chi connectivity index (χ3n) is 12.4. The second-order valence-corrected chi connectivity index (χ2v) is 14.6. The van der Waals surface area contributed by atoms with E-state index >= 15 is 0 Å². The van der Waals surface area contributed by atoms with Gasteiger partial charge >= 0.3 is 5.97 Å². The van der Waals surface area contributed by atoms with Gasteiger partial charge in [0.1, 0.15) is 11.9 Å². The van der Waals surface area contributed by atoms with Crippen LogP contribution >= 0.6 is 0 Å². The molecule has 0 aliphatic heterocycles. The van der Waals surface area contributed by atoms with Crippen LogP contribution < -0.4 is 0 Å². The van der Waals surface area contributed by atoms with E-state index < -0.39 is 0 Å². The van der Waals surface area contributed by atoms with Crippen LogP contribution in [0.3, 0.4) is 0 Å². The Kier molecular flexibility index (Phi) is 8.20. The van der Waals surface area contributed by atoms with Gasteiger partial charge in [0.25, 0.3) is 0 Å². The van der Waals surface area contributed by atoms with Gasteiger partial charge in [-0.3, -0.25) is 4.79 Å². The third kappa shape index (κ3) is 5.17. The van der Waals surface area contributed by atoms with Gasteiger partial charge in [0.15, 0.2) is 0 Å². The zero-order valence-corrected chi connectivity index (χ0v) is 25.3. The molecule has 4 aliphatic carbocycles. The first-order chi connectivity index (χ1) is 18.6. The lowest BCUT2D eigenvalue weighted by Crippen LogP contribution is -2.59. The van der Waals surface area contributed by atoms with Crippen LogP contribution in [0.4, 0.5) is 0 Å². The number of allylic oxidation sites excluding steroid dienone is 2. The van der Waals surface area contributed by atoms with Crippen molar-refractivity contribution in [3.8, 4) is 0 Å². The molecule has 1 aromatic carbocycles. The summed E-state index contributed by atoms with van der Waals surface area (Å²) in [6, 6.07) is 9.49. The van der Waals surface area contributed by atoms with Crippen LogP contribution in [0.5, 0.6) is 0 Å². The van der Waals surface area contributed by atoms with E-state index in [2.05, 4.69) is 53.7 Å². The highest BCUT2D eigenvalue weighted by Gasteiger charge is 2.63. The molecular weight excluding hydrogens is 480 g/mol. The van der Waals surface area contributed by atoms with Gasteiger partial charge in [-0.2, -0.15) is 0 Å². The van der Waals surface area contributed by atoms with E-state index in [1.165, 1.54) is 32.1 Å². The van der Waals surface area contributed by atoms with Gasteiger partial charge < -0.3 is 4.74 Å². The molecule has 214 valence electrons. The van der Waals surface area contributed by atoms with E-state index in [-0.39, 0.29) is 22.9 Å². The van der Waals surface area contributed by atoms with Gasteiger partial charge in [0.2, 0.25) is 0 Å². The van der Waals surface area contributed by atoms with E-state index in [4.69, 9.17) is 4.74 Å². The Morgan fingerprint density at radius 2 is 1.72 bits per heavy atom. The van der Waals surface area contributed by atoms with Crippen molar-refractivity contribution in [2.24, 2.45) is 58.2 Å². The van der Waals surface area contributed by atoms with Gasteiger partial charge in [0, 0.05) is 18.8 Å². The number of ketones is 1. The first kappa shape index (κ1) is 28.6. The fraction of sp³-hybridized carbons (Fsp3) is 0.722. The second kappa shape index (κ2) is 11.2. The maximum absolute atomic E-state index is 13.4. The van der Waals surface area contributed by atoms with Crippen LogP contribution in [0.1, 0.15) is 110 Å². The van der Waals surface area contributed by atoms with Gasteiger partial charge in [0.05, 0.1) is 5.56 Å². The smallest absolute Gasteiger partial charge is 0.338 e. The molecule has 0 radical (unpaired) electrons. The van der Waals surface area contributed by atoms with E-state index in [9.17, 15) is 9.59 Å². The monoisotopic (exact) mass is 532 g/mol. The summed E-state index contributed by atoms with van der Waals surface area (Å²) < 4.78 is 6.48. The summed E-state index contributed by atoms with van der Waals surface area (Å²) in [6.07, 6.45) is 14.4. The number of hydrogen-bond acceptors (Lipinski definition) is 3. The Balaban J connectivity index is 1.43. The molecular formula is C36H52O3. The zero-order chi connectivity index (χ0) is 27.9. The molecule has 0 bridgehead atoms. The molecule has 10 atom stereocenters. The average molecular weight is 533 g/mol. The predicted octanol–water partition coefficient (Wildman–Crippen LogP) is 8.92. The standard InChI is InChI=1S/C36H52O3/c1-7-25(23(2)3)14-13-24(4)29-15-16-30-33-31(18-20-36(29,30)6)35(5)19-17-28(37)21-27(35)22-32(33)39-34(38)26-11-9-8-10-12-26/h8-14,23-25,27,29-33H,7,15-22H2,1-6H3/b14-13+/t24?,25?,27-,29?,30?,31?,32-,33?,35?,36?/m1/s1. The molecule has 0 heterocycles. The Labute approximate surface area is 237 Å². The van der Waals surface area contributed by atoms with Crippen molar-refractivity contribution in [2.45, 2.75) is 105 Å². The summed E-state index contributed by atoms with van der Waals surface area (Å²) >= 11 is 0. The SMILES string of the molecule is CCC(/C=C/C(C)C1CCC2C3C(CCC12C)C1(C)CCC(=O)C[C@@H]1C[C@H]3OC(=O)c1ccccc1)C(C)C. The molecule has 4 fully saturated rings. The summed E-state index contributed by atoms with van der Waals surface area (Å²) in [5.41, 5.74) is 1.10. The summed E-state index contributed by atoms with van der Waals surface area (Å²) in [5.74, 6) is 4.62. The van der Waals surface area contributed by atoms with Crippen molar-refractivity contribution >= 4 is 11.8 Å². The first-order valence-electron chi connectivity index (χ1n) is 16.0. The van der Waals surface area contributed by atoms with Crippen molar-refractivity contribution in [1.82, 2.24) is 0 Å². The molecule has 0 amide bonds. The summed E-state index contributed by atoms with van der Waals surface area (Å²) in [4.78, 5) is 26.0. The van der Waals surface area contributed by atoms with Crippen LogP contribution in [0, 0.1) is 58.2 Å². The molecule has 4 saturated carbocycles. The van der Waals surface area contributed by atoms with Crippen LogP contribution in [-0.2, 0) is 9.53 Å². The molecule has 3 heteroatoms. The Bertz CT molecular complexity index is 1060. The quantitative estimate of drug-likeness (QED) is 0.260. The molecule has 39 heavy (non-hydrogen) atoms. The molecule has 5 rings (SSSR count). The molecule has 0 aromatic heterocycles. The van der Waals surface area contributed by atoms with Crippen molar-refractivity contribution in [2.75, 3.05) is 0 Å². The number of carbonyl (C=O) groups is 2. The minimum atomic E-state index is -0.192. The molecule has 0 N–H and O–H groups in total. The molecule has 8 unspecified atom stereocenters. The maximum Gasteiger partial charge on any atom is 0.338 e. The van der Waals surface area contributed by atoms with Crippen molar-refractivity contribution in [3.63, 3.8) is 0 Å².